The lowest BCUT2D eigenvalue weighted by molar-refractivity contribution is 0.339. The van der Waals surface area contributed by atoms with Gasteiger partial charge in [-0.15, -0.1) is 0 Å². The lowest BCUT2D eigenvalue weighted by Gasteiger charge is -2.15. The molecule has 0 spiro atoms. The highest BCUT2D eigenvalue weighted by Gasteiger charge is 2.11. The Morgan fingerprint density at radius 1 is 1.32 bits per heavy atom. The number of hydrogen-bond donors (Lipinski definition) is 1. The van der Waals surface area contributed by atoms with Crippen LogP contribution in [0.25, 0.3) is 0 Å². The van der Waals surface area contributed by atoms with E-state index in [4.69, 9.17) is 27.9 Å². The summed E-state index contributed by atoms with van der Waals surface area (Å²) in [6.07, 6.45) is 0. The van der Waals surface area contributed by atoms with Gasteiger partial charge in [0.05, 0.1) is 11.6 Å². The van der Waals surface area contributed by atoms with Crippen molar-refractivity contribution >= 4 is 35.0 Å². The Hall–Kier alpha value is -0.0900. The van der Waals surface area contributed by atoms with E-state index in [0.717, 1.165) is 22.8 Å². The summed E-state index contributed by atoms with van der Waals surface area (Å²) in [5.74, 6) is 2.81. The first-order valence-electron chi connectivity index (χ1n) is 6.46. The van der Waals surface area contributed by atoms with Gasteiger partial charge in [-0.1, -0.05) is 44.0 Å². The van der Waals surface area contributed by atoms with Crippen molar-refractivity contribution in [1.82, 2.24) is 5.32 Å². The van der Waals surface area contributed by atoms with Crippen LogP contribution in [-0.4, -0.2) is 24.2 Å². The Morgan fingerprint density at radius 2 is 2.05 bits per heavy atom. The van der Waals surface area contributed by atoms with Gasteiger partial charge in [0.2, 0.25) is 0 Å². The molecule has 1 aromatic rings. The minimum Gasteiger partial charge on any atom is -0.491 e. The van der Waals surface area contributed by atoms with Gasteiger partial charge in [-0.25, -0.2) is 0 Å². The highest BCUT2D eigenvalue weighted by Crippen LogP contribution is 2.32. The van der Waals surface area contributed by atoms with E-state index in [-0.39, 0.29) is 0 Å². The molecule has 2 nitrogen and oxygen atoms in total. The zero-order valence-electron chi connectivity index (χ0n) is 11.6. The molecule has 0 saturated heterocycles. The molecule has 0 radical (unpaired) electrons. The van der Waals surface area contributed by atoms with Crippen LogP contribution in [0.4, 0.5) is 0 Å². The van der Waals surface area contributed by atoms with Gasteiger partial charge >= 0.3 is 0 Å². The number of nitrogens with one attached hydrogen (secondary N) is 1. The van der Waals surface area contributed by atoms with E-state index in [0.29, 0.717) is 29.2 Å². The van der Waals surface area contributed by atoms with Gasteiger partial charge in [0.25, 0.3) is 0 Å². The Morgan fingerprint density at radius 3 is 2.68 bits per heavy atom. The van der Waals surface area contributed by atoms with Gasteiger partial charge in [0.15, 0.2) is 0 Å². The van der Waals surface area contributed by atoms with Crippen LogP contribution >= 0.6 is 35.0 Å². The monoisotopic (exact) mass is 321 g/mol. The third kappa shape index (κ3) is 6.26. The number of halogens is 2. The molecule has 0 aliphatic carbocycles. The lowest BCUT2D eigenvalue weighted by atomic mass is 10.2. The largest absolute Gasteiger partial charge is 0.491 e. The average Bonchev–Trinajstić information content (AvgIpc) is 2.34. The van der Waals surface area contributed by atoms with Crippen LogP contribution in [0.5, 0.6) is 5.75 Å². The van der Waals surface area contributed by atoms with Crippen molar-refractivity contribution in [3.05, 3.63) is 27.7 Å². The fourth-order valence-corrected chi connectivity index (χ4v) is 2.65. The summed E-state index contributed by atoms with van der Waals surface area (Å²) in [5, 5.41) is 4.57. The summed E-state index contributed by atoms with van der Waals surface area (Å²) in [7, 11) is 0. The Bertz CT molecular complexity index is 399. The van der Waals surface area contributed by atoms with E-state index < -0.39 is 0 Å². The summed E-state index contributed by atoms with van der Waals surface area (Å²) < 4.78 is 5.81. The molecular weight excluding hydrogens is 301 g/mol. The highest BCUT2D eigenvalue weighted by atomic mass is 35.5. The van der Waals surface area contributed by atoms with Crippen LogP contribution in [0.1, 0.15) is 26.3 Å². The molecule has 5 heteroatoms. The summed E-state index contributed by atoms with van der Waals surface area (Å²) in [6, 6.07) is 4.04. The Balaban J connectivity index is 2.74. The van der Waals surface area contributed by atoms with Crippen molar-refractivity contribution in [3.63, 3.8) is 0 Å². The van der Waals surface area contributed by atoms with Gasteiger partial charge in [0.1, 0.15) is 5.75 Å². The smallest absolute Gasteiger partial charge is 0.142 e. The summed E-state index contributed by atoms with van der Waals surface area (Å²) in [4.78, 5) is 0. The van der Waals surface area contributed by atoms with Crippen LogP contribution in [-0.2, 0) is 6.54 Å². The standard InChI is InChI=1S/C14H21Cl2NOS/c1-4-19-6-5-18-14-11(9-17-10(2)3)7-12(15)8-13(14)16/h7-8,10,17H,4-6,9H2,1-3H3. The second-order valence-electron chi connectivity index (χ2n) is 4.46. The minimum absolute atomic E-state index is 0.404. The van der Waals surface area contributed by atoms with E-state index in [1.807, 2.05) is 17.8 Å². The van der Waals surface area contributed by atoms with Crippen molar-refractivity contribution in [2.75, 3.05) is 18.1 Å². The predicted molar refractivity (Wildman–Crippen MR) is 86.9 cm³/mol. The molecule has 0 aliphatic rings. The Labute approximate surface area is 130 Å². The molecule has 0 heterocycles. The first-order chi connectivity index (χ1) is 9.04. The van der Waals surface area contributed by atoms with Crippen molar-refractivity contribution in [2.24, 2.45) is 0 Å². The zero-order chi connectivity index (χ0) is 14.3. The normalized spacial score (nSPS) is 11.1. The van der Waals surface area contributed by atoms with E-state index in [1.54, 1.807) is 6.07 Å². The SMILES string of the molecule is CCSCCOc1c(Cl)cc(Cl)cc1CNC(C)C. The van der Waals surface area contributed by atoms with Crippen LogP contribution in [0.3, 0.4) is 0 Å². The van der Waals surface area contributed by atoms with E-state index in [9.17, 15) is 0 Å². The fourth-order valence-electron chi connectivity index (χ4n) is 1.57. The maximum atomic E-state index is 6.22. The maximum absolute atomic E-state index is 6.22. The van der Waals surface area contributed by atoms with Gasteiger partial charge < -0.3 is 10.1 Å². The maximum Gasteiger partial charge on any atom is 0.142 e. The molecule has 0 amide bonds. The van der Waals surface area contributed by atoms with Gasteiger partial charge in [-0.2, -0.15) is 11.8 Å². The quantitative estimate of drug-likeness (QED) is 0.706. The van der Waals surface area contributed by atoms with Crippen LogP contribution in [0.15, 0.2) is 12.1 Å². The summed E-state index contributed by atoms with van der Waals surface area (Å²) in [6.45, 7) is 7.70. The number of thioether (sulfide) groups is 1. The average molecular weight is 322 g/mol. The lowest BCUT2D eigenvalue weighted by Crippen LogP contribution is -2.22. The van der Waals surface area contributed by atoms with Crippen molar-refractivity contribution in [1.29, 1.82) is 0 Å². The van der Waals surface area contributed by atoms with E-state index in [2.05, 4.69) is 26.1 Å². The number of rotatable bonds is 8. The second kappa shape index (κ2) is 8.96. The molecule has 0 bridgehead atoms. The molecule has 1 N–H and O–H groups in total. The molecular formula is C14H21Cl2NOS. The van der Waals surface area contributed by atoms with Crippen molar-refractivity contribution in [3.8, 4) is 5.75 Å². The fraction of sp³-hybridized carbons (Fsp3) is 0.571. The van der Waals surface area contributed by atoms with Crippen LogP contribution in [0, 0.1) is 0 Å². The van der Waals surface area contributed by atoms with Gasteiger partial charge in [-0.3, -0.25) is 0 Å². The predicted octanol–water partition coefficient (Wildman–Crippen LogP) is 4.62. The third-order valence-corrected chi connectivity index (χ3v) is 3.83. The topological polar surface area (TPSA) is 21.3 Å². The van der Waals surface area contributed by atoms with Crippen molar-refractivity contribution < 1.29 is 4.74 Å². The molecule has 1 aromatic carbocycles. The molecule has 0 fully saturated rings. The number of ether oxygens (including phenoxy) is 1. The minimum atomic E-state index is 0.404. The molecule has 108 valence electrons. The number of benzene rings is 1. The third-order valence-electron chi connectivity index (χ3n) is 2.46. The van der Waals surface area contributed by atoms with E-state index >= 15 is 0 Å². The molecule has 0 aromatic heterocycles. The van der Waals surface area contributed by atoms with Crippen LogP contribution in [0.2, 0.25) is 10.0 Å². The molecule has 0 saturated carbocycles. The highest BCUT2D eigenvalue weighted by molar-refractivity contribution is 7.99. The van der Waals surface area contributed by atoms with Crippen LogP contribution < -0.4 is 10.1 Å². The van der Waals surface area contributed by atoms with Gasteiger partial charge in [-0.05, 0) is 17.9 Å². The summed E-state index contributed by atoms with van der Waals surface area (Å²) >= 11 is 14.1. The number of hydrogen-bond acceptors (Lipinski definition) is 3. The molecule has 0 aliphatic heterocycles. The summed E-state index contributed by atoms with van der Waals surface area (Å²) in [5.41, 5.74) is 1.01. The van der Waals surface area contributed by atoms with Crippen molar-refractivity contribution in [2.45, 2.75) is 33.4 Å². The van der Waals surface area contributed by atoms with Gasteiger partial charge in [0, 0.05) is 28.9 Å². The first kappa shape index (κ1) is 17.0. The zero-order valence-corrected chi connectivity index (χ0v) is 14.0. The first-order valence-corrected chi connectivity index (χ1v) is 8.37. The molecule has 0 atom stereocenters. The second-order valence-corrected chi connectivity index (χ2v) is 6.69. The molecule has 19 heavy (non-hydrogen) atoms. The molecule has 1 rings (SSSR count). The van der Waals surface area contributed by atoms with E-state index in [1.165, 1.54) is 0 Å². The Kier molecular flexibility index (Phi) is 8.00. The molecule has 0 unspecified atom stereocenters.